The summed E-state index contributed by atoms with van der Waals surface area (Å²) in [4.78, 5) is 36.5. The fraction of sp³-hybridized carbons (Fsp3) is 0.320. The normalized spacial score (nSPS) is 11.5. The number of aromatic nitrogens is 3. The highest BCUT2D eigenvalue weighted by Gasteiger charge is 2.19. The molecule has 11 heteroatoms. The van der Waals surface area contributed by atoms with Gasteiger partial charge in [0.1, 0.15) is 5.75 Å². The lowest BCUT2D eigenvalue weighted by molar-refractivity contribution is -0.113. The molecular weight excluding hydrogens is 484 g/mol. The molecule has 1 atom stereocenters. The van der Waals surface area contributed by atoms with Crippen molar-refractivity contribution in [3.8, 4) is 5.75 Å². The van der Waals surface area contributed by atoms with Crippen LogP contribution in [0.15, 0.2) is 41.6 Å². The second-order valence-electron chi connectivity index (χ2n) is 8.10. The number of nitrogens with zero attached hydrogens (tertiary/aromatic N) is 3. The van der Waals surface area contributed by atoms with Crippen LogP contribution in [0.3, 0.4) is 0 Å². The number of ether oxygens (including phenoxy) is 3. The van der Waals surface area contributed by atoms with Crippen molar-refractivity contribution in [3.05, 3.63) is 64.5 Å². The van der Waals surface area contributed by atoms with Crippen LogP contribution in [0.5, 0.6) is 5.75 Å². The SMILES string of the molecule is COC(=O)c1cc(NC(=O)CSc2nnc(C(C)Oc3cc(C)cc(C)c3)n2C)cc(C(=O)OC)c1. The number of carbonyl (C=O) groups is 3. The fourth-order valence-electron chi connectivity index (χ4n) is 3.56. The van der Waals surface area contributed by atoms with Crippen molar-refractivity contribution in [2.45, 2.75) is 32.0 Å². The number of thioether (sulfide) groups is 1. The third kappa shape index (κ3) is 6.63. The zero-order chi connectivity index (χ0) is 26.4. The van der Waals surface area contributed by atoms with E-state index >= 15 is 0 Å². The Kier molecular flexibility index (Phi) is 8.70. The van der Waals surface area contributed by atoms with Crippen molar-refractivity contribution < 1.29 is 28.6 Å². The van der Waals surface area contributed by atoms with Crippen molar-refractivity contribution in [2.24, 2.45) is 7.05 Å². The van der Waals surface area contributed by atoms with Crippen molar-refractivity contribution in [2.75, 3.05) is 25.3 Å². The standard InChI is InChI=1S/C25H28N4O6S/c1-14-7-15(2)9-20(8-14)35-16(3)22-27-28-25(29(22)4)36-13-21(30)26-19-11-17(23(31)33-5)10-18(12-19)24(32)34-6/h7-12,16H,13H2,1-6H3,(H,26,30). The van der Waals surface area contributed by atoms with Crippen LogP contribution in [0.25, 0.3) is 0 Å². The molecule has 0 aliphatic heterocycles. The van der Waals surface area contributed by atoms with E-state index in [2.05, 4.69) is 21.6 Å². The molecule has 3 aromatic rings. The van der Waals surface area contributed by atoms with E-state index < -0.39 is 11.9 Å². The highest BCUT2D eigenvalue weighted by molar-refractivity contribution is 7.99. The minimum atomic E-state index is -0.644. The fourth-order valence-corrected chi connectivity index (χ4v) is 4.28. The van der Waals surface area contributed by atoms with Gasteiger partial charge in [0.05, 0.1) is 31.1 Å². The monoisotopic (exact) mass is 512 g/mol. The number of anilines is 1. The third-order valence-electron chi connectivity index (χ3n) is 5.13. The Morgan fingerprint density at radius 3 is 2.08 bits per heavy atom. The van der Waals surface area contributed by atoms with Gasteiger partial charge in [-0.15, -0.1) is 10.2 Å². The van der Waals surface area contributed by atoms with Gasteiger partial charge in [-0.05, 0) is 62.2 Å². The third-order valence-corrected chi connectivity index (χ3v) is 6.15. The molecule has 190 valence electrons. The maximum atomic E-state index is 12.6. The Hall–Kier alpha value is -3.86. The number of hydrogen-bond donors (Lipinski definition) is 1. The van der Waals surface area contributed by atoms with Crippen LogP contribution in [-0.2, 0) is 21.3 Å². The minimum absolute atomic E-state index is 0.0221. The van der Waals surface area contributed by atoms with E-state index in [1.165, 1.54) is 44.2 Å². The second kappa shape index (κ2) is 11.7. The van der Waals surface area contributed by atoms with E-state index in [4.69, 9.17) is 14.2 Å². The predicted molar refractivity (Wildman–Crippen MR) is 134 cm³/mol. The van der Waals surface area contributed by atoms with Crippen LogP contribution in [0.2, 0.25) is 0 Å². The molecule has 1 amide bonds. The van der Waals surface area contributed by atoms with Crippen LogP contribution in [0.4, 0.5) is 5.69 Å². The van der Waals surface area contributed by atoms with Crippen molar-refractivity contribution in [1.29, 1.82) is 0 Å². The zero-order valence-corrected chi connectivity index (χ0v) is 21.8. The first-order valence-corrected chi connectivity index (χ1v) is 12.0. The Labute approximate surface area is 213 Å². The molecule has 0 fully saturated rings. The summed E-state index contributed by atoms with van der Waals surface area (Å²) in [6.45, 7) is 5.90. The van der Waals surface area contributed by atoms with Crippen LogP contribution in [-0.4, -0.2) is 52.6 Å². The van der Waals surface area contributed by atoms with E-state index in [0.717, 1.165) is 16.9 Å². The zero-order valence-electron chi connectivity index (χ0n) is 20.9. The van der Waals surface area contributed by atoms with Gasteiger partial charge in [0.25, 0.3) is 0 Å². The van der Waals surface area contributed by atoms with Gasteiger partial charge in [-0.1, -0.05) is 17.8 Å². The van der Waals surface area contributed by atoms with Gasteiger partial charge in [0.2, 0.25) is 5.91 Å². The van der Waals surface area contributed by atoms with Crippen LogP contribution in [0, 0.1) is 13.8 Å². The summed E-state index contributed by atoms with van der Waals surface area (Å²) >= 11 is 1.19. The molecule has 3 rings (SSSR count). The number of esters is 2. The topological polar surface area (TPSA) is 122 Å². The number of hydrogen-bond acceptors (Lipinski definition) is 9. The number of benzene rings is 2. The van der Waals surface area contributed by atoms with E-state index in [9.17, 15) is 14.4 Å². The maximum absolute atomic E-state index is 12.6. The van der Waals surface area contributed by atoms with E-state index in [1.54, 1.807) is 11.6 Å². The van der Waals surface area contributed by atoms with E-state index in [1.807, 2.05) is 32.9 Å². The average molecular weight is 513 g/mol. The molecule has 1 aromatic heterocycles. The van der Waals surface area contributed by atoms with Gasteiger partial charge in [0.15, 0.2) is 17.1 Å². The van der Waals surface area contributed by atoms with Gasteiger partial charge in [-0.3, -0.25) is 4.79 Å². The molecule has 0 radical (unpaired) electrons. The van der Waals surface area contributed by atoms with Crippen LogP contribution < -0.4 is 10.1 Å². The summed E-state index contributed by atoms with van der Waals surface area (Å²) in [7, 11) is 4.26. The van der Waals surface area contributed by atoms with E-state index in [0.29, 0.717) is 11.0 Å². The van der Waals surface area contributed by atoms with Gasteiger partial charge in [-0.2, -0.15) is 0 Å². The molecule has 1 N–H and O–H groups in total. The van der Waals surface area contributed by atoms with Gasteiger partial charge in [-0.25, -0.2) is 9.59 Å². The minimum Gasteiger partial charge on any atom is -0.483 e. The van der Waals surface area contributed by atoms with Crippen LogP contribution >= 0.6 is 11.8 Å². The molecule has 0 spiro atoms. The lowest BCUT2D eigenvalue weighted by atomic mass is 10.1. The van der Waals surface area contributed by atoms with Crippen LogP contribution in [0.1, 0.15) is 50.7 Å². The maximum Gasteiger partial charge on any atom is 0.337 e. The lowest BCUT2D eigenvalue weighted by Gasteiger charge is -2.15. The van der Waals surface area contributed by atoms with Gasteiger partial charge >= 0.3 is 11.9 Å². The molecule has 1 heterocycles. The first-order valence-electron chi connectivity index (χ1n) is 11.0. The molecule has 1 unspecified atom stereocenters. The summed E-state index contributed by atoms with van der Waals surface area (Å²) in [6.07, 6.45) is -0.357. The first kappa shape index (κ1) is 26.7. The summed E-state index contributed by atoms with van der Waals surface area (Å²) in [5.41, 5.74) is 2.69. The highest BCUT2D eigenvalue weighted by atomic mass is 32.2. The van der Waals surface area contributed by atoms with Gasteiger partial charge in [0, 0.05) is 12.7 Å². The summed E-state index contributed by atoms with van der Waals surface area (Å²) < 4.78 is 17.3. The van der Waals surface area contributed by atoms with Crippen molar-refractivity contribution >= 4 is 35.3 Å². The number of nitrogens with one attached hydrogen (secondary N) is 1. The summed E-state index contributed by atoms with van der Waals surface area (Å²) in [6, 6.07) is 10.2. The number of amides is 1. The largest absolute Gasteiger partial charge is 0.483 e. The predicted octanol–water partition coefficient (Wildman–Crippen LogP) is 3.88. The Balaban J connectivity index is 1.66. The van der Waals surface area contributed by atoms with E-state index in [-0.39, 0.29) is 34.6 Å². The number of carbonyl (C=O) groups excluding carboxylic acids is 3. The Morgan fingerprint density at radius 1 is 0.944 bits per heavy atom. The molecule has 2 aromatic carbocycles. The molecule has 0 saturated heterocycles. The highest BCUT2D eigenvalue weighted by Crippen LogP contribution is 2.25. The van der Waals surface area contributed by atoms with Gasteiger partial charge < -0.3 is 24.1 Å². The molecule has 0 aliphatic rings. The quantitative estimate of drug-likeness (QED) is 0.336. The lowest BCUT2D eigenvalue weighted by Crippen LogP contribution is -2.16. The first-order chi connectivity index (χ1) is 17.1. The molecule has 0 saturated carbocycles. The molecule has 0 bridgehead atoms. The molecule has 10 nitrogen and oxygen atoms in total. The Bertz CT molecular complexity index is 1240. The average Bonchev–Trinajstić information content (AvgIpc) is 3.21. The Morgan fingerprint density at radius 2 is 1.53 bits per heavy atom. The number of methoxy groups -OCH3 is 2. The van der Waals surface area contributed by atoms with Crippen molar-refractivity contribution in [1.82, 2.24) is 14.8 Å². The molecule has 36 heavy (non-hydrogen) atoms. The summed E-state index contributed by atoms with van der Waals surface area (Å²) in [5.74, 6) is -0.262. The van der Waals surface area contributed by atoms with Crippen molar-refractivity contribution in [3.63, 3.8) is 0 Å². The summed E-state index contributed by atoms with van der Waals surface area (Å²) in [5, 5.41) is 11.6. The smallest absolute Gasteiger partial charge is 0.337 e. The number of aryl methyl sites for hydroxylation is 2. The molecular formula is C25H28N4O6S. The molecule has 0 aliphatic carbocycles. The second-order valence-corrected chi connectivity index (χ2v) is 9.04. The number of rotatable bonds is 9.